The monoisotopic (exact) mass is 549 g/mol. The number of anilines is 1. The van der Waals surface area contributed by atoms with Crippen LogP contribution in [-0.4, -0.2) is 61.2 Å². The molecule has 10 nitrogen and oxygen atoms in total. The standard InChI is InChI=1S/C25H29F2N5O5S/c1-3-31(2)38(34,35)30-21-7-5-19(26)23(22(21)27)37-17-4-6-20-18(12-17)24(33)32(15-29-20)16-13-25(36-14-16)8-10-28-11-9-25/h4-7,12,15-16,28,30H,3,8-11,13-14H2,1-2H3/t16-/m1/s1. The molecule has 0 amide bonds. The maximum absolute atomic E-state index is 15.1. The van der Waals surface area contributed by atoms with Crippen molar-refractivity contribution in [3.63, 3.8) is 0 Å². The van der Waals surface area contributed by atoms with E-state index >= 15 is 4.39 Å². The fraction of sp³-hybridized carbons (Fsp3) is 0.440. The molecular formula is C25H29F2N5O5S. The number of fused-ring (bicyclic) bond motifs is 1. The van der Waals surface area contributed by atoms with Crippen LogP contribution in [0, 0.1) is 11.6 Å². The fourth-order valence-electron chi connectivity index (χ4n) is 4.88. The van der Waals surface area contributed by atoms with Crippen molar-refractivity contribution < 1.29 is 26.7 Å². The molecule has 0 unspecified atom stereocenters. The summed E-state index contributed by atoms with van der Waals surface area (Å²) in [7, 11) is -2.73. The number of nitrogens with zero attached hydrogens (tertiary/aromatic N) is 3. The van der Waals surface area contributed by atoms with Gasteiger partial charge in [-0.3, -0.25) is 14.1 Å². The molecule has 2 aliphatic heterocycles. The van der Waals surface area contributed by atoms with E-state index in [9.17, 15) is 17.6 Å². The highest BCUT2D eigenvalue weighted by Gasteiger charge is 2.42. The van der Waals surface area contributed by atoms with Crippen LogP contribution >= 0.6 is 0 Å². The molecule has 0 radical (unpaired) electrons. The zero-order valence-corrected chi connectivity index (χ0v) is 21.9. The first-order valence-electron chi connectivity index (χ1n) is 12.4. The van der Waals surface area contributed by atoms with Gasteiger partial charge in [0.05, 0.1) is 41.2 Å². The zero-order valence-electron chi connectivity index (χ0n) is 21.0. The van der Waals surface area contributed by atoms with E-state index in [0.29, 0.717) is 18.5 Å². The Morgan fingerprint density at radius 2 is 2.03 bits per heavy atom. The van der Waals surface area contributed by atoms with Crippen molar-refractivity contribution in [3.8, 4) is 11.5 Å². The molecular weight excluding hydrogens is 520 g/mol. The second kappa shape index (κ2) is 10.2. The molecule has 2 fully saturated rings. The second-order valence-corrected chi connectivity index (χ2v) is 11.4. The van der Waals surface area contributed by atoms with Gasteiger partial charge in [-0.1, -0.05) is 6.92 Å². The predicted octanol–water partition coefficient (Wildman–Crippen LogP) is 3.16. The predicted molar refractivity (Wildman–Crippen MR) is 138 cm³/mol. The van der Waals surface area contributed by atoms with Crippen molar-refractivity contribution in [1.29, 1.82) is 0 Å². The van der Waals surface area contributed by atoms with Crippen molar-refractivity contribution >= 4 is 26.8 Å². The summed E-state index contributed by atoms with van der Waals surface area (Å²) in [6.07, 6.45) is 3.95. The average molecular weight is 550 g/mol. The highest BCUT2D eigenvalue weighted by molar-refractivity contribution is 7.90. The summed E-state index contributed by atoms with van der Waals surface area (Å²) in [6, 6.07) is 6.02. The summed E-state index contributed by atoms with van der Waals surface area (Å²) in [4.78, 5) is 17.8. The largest absolute Gasteiger partial charge is 0.451 e. The van der Waals surface area contributed by atoms with Gasteiger partial charge in [0.25, 0.3) is 5.56 Å². The molecule has 0 saturated carbocycles. The van der Waals surface area contributed by atoms with E-state index in [-0.39, 0.29) is 34.9 Å². The molecule has 2 saturated heterocycles. The minimum atomic E-state index is -4.05. The summed E-state index contributed by atoms with van der Waals surface area (Å²) >= 11 is 0. The minimum absolute atomic E-state index is 0.00451. The van der Waals surface area contributed by atoms with E-state index in [0.717, 1.165) is 42.4 Å². The van der Waals surface area contributed by atoms with Gasteiger partial charge in [-0.2, -0.15) is 12.7 Å². The summed E-state index contributed by atoms with van der Waals surface area (Å²) in [5.74, 6) is -3.06. The van der Waals surface area contributed by atoms with Crippen molar-refractivity contribution in [2.45, 2.75) is 37.8 Å². The van der Waals surface area contributed by atoms with Gasteiger partial charge >= 0.3 is 10.2 Å². The Labute approximate surface area is 218 Å². The van der Waals surface area contributed by atoms with E-state index in [1.54, 1.807) is 11.5 Å². The Morgan fingerprint density at radius 3 is 2.76 bits per heavy atom. The van der Waals surface area contributed by atoms with Crippen LogP contribution < -0.4 is 20.3 Å². The number of nitrogens with one attached hydrogen (secondary N) is 2. The van der Waals surface area contributed by atoms with E-state index in [1.165, 1.54) is 31.6 Å². The summed E-state index contributed by atoms with van der Waals surface area (Å²) < 4.78 is 70.6. The number of rotatable bonds is 7. The van der Waals surface area contributed by atoms with Gasteiger partial charge in [-0.15, -0.1) is 0 Å². The zero-order chi connectivity index (χ0) is 27.1. The Morgan fingerprint density at radius 1 is 1.26 bits per heavy atom. The SMILES string of the molecule is CCN(C)S(=O)(=O)Nc1ccc(F)c(Oc2ccc3ncn([C@H]4COC5(CCNCC5)C4)c(=O)c3c2)c1F. The molecule has 2 aliphatic rings. The van der Waals surface area contributed by atoms with Crippen LogP contribution in [0.25, 0.3) is 10.9 Å². The molecule has 38 heavy (non-hydrogen) atoms. The third kappa shape index (κ3) is 4.98. The van der Waals surface area contributed by atoms with Crippen molar-refractivity contribution in [1.82, 2.24) is 19.2 Å². The van der Waals surface area contributed by atoms with Crippen LogP contribution in [0.3, 0.4) is 0 Å². The summed E-state index contributed by atoms with van der Waals surface area (Å²) in [6.45, 7) is 3.89. The number of piperidine rings is 1. The maximum Gasteiger partial charge on any atom is 0.301 e. The number of halogens is 2. The molecule has 0 bridgehead atoms. The maximum atomic E-state index is 15.1. The highest BCUT2D eigenvalue weighted by Crippen LogP contribution is 2.39. The van der Waals surface area contributed by atoms with Crippen molar-refractivity contribution in [2.75, 3.05) is 38.0 Å². The highest BCUT2D eigenvalue weighted by atomic mass is 32.2. The van der Waals surface area contributed by atoms with Crippen LogP contribution in [0.4, 0.5) is 14.5 Å². The molecule has 2 N–H and O–H groups in total. The Kier molecular flexibility index (Phi) is 7.11. The average Bonchev–Trinajstić information content (AvgIpc) is 3.31. The molecule has 204 valence electrons. The van der Waals surface area contributed by atoms with Crippen LogP contribution in [0.15, 0.2) is 41.5 Å². The van der Waals surface area contributed by atoms with Crippen molar-refractivity contribution in [2.24, 2.45) is 0 Å². The molecule has 3 aromatic rings. The quantitative estimate of drug-likeness (QED) is 0.465. The van der Waals surface area contributed by atoms with Crippen LogP contribution in [0.2, 0.25) is 0 Å². The summed E-state index contributed by atoms with van der Waals surface area (Å²) in [5, 5.41) is 3.54. The Balaban J connectivity index is 1.44. The fourth-order valence-corrected chi connectivity index (χ4v) is 5.81. The third-order valence-electron chi connectivity index (χ3n) is 7.22. The van der Waals surface area contributed by atoms with Crippen LogP contribution in [0.1, 0.15) is 32.2 Å². The van der Waals surface area contributed by atoms with Gasteiger partial charge in [0.2, 0.25) is 5.75 Å². The van der Waals surface area contributed by atoms with E-state index in [4.69, 9.17) is 9.47 Å². The molecule has 3 heterocycles. The lowest BCUT2D eigenvalue weighted by Gasteiger charge is -2.32. The first kappa shape index (κ1) is 26.5. The van der Waals surface area contributed by atoms with Crippen molar-refractivity contribution in [3.05, 3.63) is 58.6 Å². The Hall–Kier alpha value is -3.13. The molecule has 1 aromatic heterocycles. The number of aromatic nitrogens is 2. The minimum Gasteiger partial charge on any atom is -0.451 e. The number of ether oxygens (including phenoxy) is 2. The van der Waals surface area contributed by atoms with E-state index in [1.807, 2.05) is 0 Å². The lowest BCUT2D eigenvalue weighted by Crippen LogP contribution is -2.41. The van der Waals surface area contributed by atoms with E-state index < -0.39 is 33.3 Å². The van der Waals surface area contributed by atoms with Gasteiger partial charge in [-0.05, 0) is 62.7 Å². The number of benzene rings is 2. The van der Waals surface area contributed by atoms with Gasteiger partial charge < -0.3 is 14.8 Å². The molecule has 5 rings (SSSR count). The Bertz CT molecular complexity index is 1520. The van der Waals surface area contributed by atoms with E-state index in [2.05, 4.69) is 15.0 Å². The van der Waals surface area contributed by atoms with Gasteiger partial charge in [0.1, 0.15) is 5.75 Å². The first-order valence-corrected chi connectivity index (χ1v) is 13.8. The number of hydrogen-bond acceptors (Lipinski definition) is 7. The normalized spacial score (nSPS) is 19.3. The molecule has 2 aromatic carbocycles. The lowest BCUT2D eigenvalue weighted by atomic mass is 9.88. The molecule has 1 spiro atoms. The van der Waals surface area contributed by atoms with Crippen LogP contribution in [-0.2, 0) is 14.9 Å². The molecule has 1 atom stereocenters. The third-order valence-corrected chi connectivity index (χ3v) is 8.77. The van der Waals surface area contributed by atoms with Gasteiger partial charge in [0, 0.05) is 13.6 Å². The summed E-state index contributed by atoms with van der Waals surface area (Å²) in [5.41, 5.74) is -0.633. The van der Waals surface area contributed by atoms with Crippen LogP contribution in [0.5, 0.6) is 11.5 Å². The second-order valence-electron chi connectivity index (χ2n) is 9.60. The first-order chi connectivity index (χ1) is 18.1. The number of hydrogen-bond donors (Lipinski definition) is 2. The van der Waals surface area contributed by atoms with Gasteiger partial charge in [0.15, 0.2) is 11.6 Å². The smallest absolute Gasteiger partial charge is 0.301 e. The molecule has 13 heteroatoms. The topological polar surface area (TPSA) is 115 Å². The lowest BCUT2D eigenvalue weighted by molar-refractivity contribution is -0.0196. The van der Waals surface area contributed by atoms with Gasteiger partial charge in [-0.25, -0.2) is 13.8 Å². The molecule has 0 aliphatic carbocycles.